The molecular weight excluding hydrogens is 184 g/mol. The van der Waals surface area contributed by atoms with Gasteiger partial charge in [0.2, 0.25) is 0 Å². The maximum absolute atomic E-state index is 9.39. The van der Waals surface area contributed by atoms with Gasteiger partial charge in [-0.05, 0) is 12.8 Å². The maximum atomic E-state index is 9.39. The van der Waals surface area contributed by atoms with Crippen molar-refractivity contribution in [2.75, 3.05) is 11.5 Å². The van der Waals surface area contributed by atoms with Gasteiger partial charge in [0.25, 0.3) is 0 Å². The zero-order valence-electron chi connectivity index (χ0n) is 8.70. The molecule has 13 heavy (non-hydrogen) atoms. The van der Waals surface area contributed by atoms with E-state index in [0.29, 0.717) is 0 Å². The average molecular weight is 206 g/mol. The Labute approximate surface area is 85.7 Å². The molecule has 0 fully saturated rings. The second-order valence-electron chi connectivity index (χ2n) is 3.42. The molecular formula is C10H22O2S. The van der Waals surface area contributed by atoms with Crippen molar-refractivity contribution in [1.82, 2.24) is 0 Å². The summed E-state index contributed by atoms with van der Waals surface area (Å²) in [5.74, 6) is 1.52. The van der Waals surface area contributed by atoms with Crippen LogP contribution >= 0.6 is 11.8 Å². The minimum Gasteiger partial charge on any atom is -0.392 e. The molecule has 0 saturated carbocycles. The normalized spacial score (nSPS) is 15.7. The predicted molar refractivity (Wildman–Crippen MR) is 59.2 cm³/mol. The van der Waals surface area contributed by atoms with Crippen molar-refractivity contribution in [3.8, 4) is 0 Å². The first-order chi connectivity index (χ1) is 6.20. The van der Waals surface area contributed by atoms with Crippen LogP contribution in [0.3, 0.4) is 0 Å². The maximum Gasteiger partial charge on any atom is 0.0630 e. The molecule has 0 aliphatic carbocycles. The second kappa shape index (κ2) is 8.85. The first-order valence-electron chi connectivity index (χ1n) is 5.14. The van der Waals surface area contributed by atoms with Crippen molar-refractivity contribution in [2.45, 2.75) is 51.7 Å². The molecule has 0 saturated heterocycles. The molecule has 2 atom stereocenters. The van der Waals surface area contributed by atoms with Crippen molar-refractivity contribution in [3.05, 3.63) is 0 Å². The molecule has 0 radical (unpaired) electrons. The van der Waals surface area contributed by atoms with E-state index < -0.39 is 0 Å². The van der Waals surface area contributed by atoms with Gasteiger partial charge in [0.15, 0.2) is 0 Å². The minimum absolute atomic E-state index is 0.191. The minimum atomic E-state index is -0.191. The van der Waals surface area contributed by atoms with Crippen molar-refractivity contribution in [2.24, 2.45) is 0 Å². The number of aliphatic hydroxyl groups is 2. The fraction of sp³-hybridized carbons (Fsp3) is 1.00. The summed E-state index contributed by atoms with van der Waals surface area (Å²) >= 11 is 1.65. The number of hydrogen-bond donors (Lipinski definition) is 2. The van der Waals surface area contributed by atoms with E-state index in [0.717, 1.165) is 37.2 Å². The van der Waals surface area contributed by atoms with Crippen molar-refractivity contribution in [1.29, 1.82) is 0 Å². The number of thioether (sulfide) groups is 1. The Balaban J connectivity index is 3.23. The molecule has 0 aromatic rings. The molecule has 0 aliphatic rings. The molecule has 0 heterocycles. The molecule has 2 nitrogen and oxygen atoms in total. The molecule has 0 spiro atoms. The van der Waals surface area contributed by atoms with Crippen LogP contribution in [-0.4, -0.2) is 33.9 Å². The van der Waals surface area contributed by atoms with E-state index in [1.165, 1.54) is 0 Å². The highest BCUT2D eigenvalue weighted by Crippen LogP contribution is 2.10. The summed E-state index contributed by atoms with van der Waals surface area (Å²) in [6, 6.07) is 0. The average Bonchev–Trinajstić information content (AvgIpc) is 2.05. The van der Waals surface area contributed by atoms with Gasteiger partial charge in [-0.2, -0.15) is 11.8 Å². The van der Waals surface area contributed by atoms with Crippen LogP contribution < -0.4 is 0 Å². The second-order valence-corrected chi connectivity index (χ2v) is 4.50. The predicted octanol–water partition coefficient (Wildman–Crippen LogP) is 2.04. The van der Waals surface area contributed by atoms with Gasteiger partial charge in [0.1, 0.15) is 0 Å². The van der Waals surface area contributed by atoms with Gasteiger partial charge in [0.05, 0.1) is 12.2 Å². The molecule has 0 amide bonds. The standard InChI is InChI=1S/C10H22O2S/c1-3-5-9(11)7-13-8-10(12)6-4-2/h9-12H,3-8H2,1-2H3. The molecule has 80 valence electrons. The largest absolute Gasteiger partial charge is 0.392 e. The van der Waals surface area contributed by atoms with Crippen LogP contribution in [0.2, 0.25) is 0 Å². The van der Waals surface area contributed by atoms with E-state index in [1.807, 2.05) is 0 Å². The fourth-order valence-corrected chi connectivity index (χ4v) is 2.19. The number of hydrogen-bond acceptors (Lipinski definition) is 3. The molecule has 0 bridgehead atoms. The molecule has 0 rings (SSSR count). The lowest BCUT2D eigenvalue weighted by Gasteiger charge is -2.11. The lowest BCUT2D eigenvalue weighted by atomic mass is 10.2. The van der Waals surface area contributed by atoms with Crippen LogP contribution in [-0.2, 0) is 0 Å². The van der Waals surface area contributed by atoms with Gasteiger partial charge in [-0.15, -0.1) is 0 Å². The first-order valence-corrected chi connectivity index (χ1v) is 6.30. The van der Waals surface area contributed by atoms with E-state index in [1.54, 1.807) is 11.8 Å². The third-order valence-corrected chi connectivity index (χ3v) is 3.11. The summed E-state index contributed by atoms with van der Waals surface area (Å²) in [4.78, 5) is 0. The van der Waals surface area contributed by atoms with E-state index in [-0.39, 0.29) is 12.2 Å². The monoisotopic (exact) mass is 206 g/mol. The number of rotatable bonds is 8. The highest BCUT2D eigenvalue weighted by molar-refractivity contribution is 7.99. The zero-order chi connectivity index (χ0) is 10.1. The van der Waals surface area contributed by atoms with Gasteiger partial charge in [-0.1, -0.05) is 26.7 Å². The van der Waals surface area contributed by atoms with Crippen LogP contribution in [0.25, 0.3) is 0 Å². The Morgan fingerprint density at radius 3 is 1.62 bits per heavy atom. The summed E-state index contributed by atoms with van der Waals surface area (Å²) < 4.78 is 0. The Hall–Kier alpha value is 0.270. The van der Waals surface area contributed by atoms with Crippen LogP contribution in [0.5, 0.6) is 0 Å². The molecule has 3 heteroatoms. The van der Waals surface area contributed by atoms with E-state index in [9.17, 15) is 10.2 Å². The Morgan fingerprint density at radius 2 is 1.31 bits per heavy atom. The molecule has 0 aliphatic heterocycles. The van der Waals surface area contributed by atoms with Crippen LogP contribution in [0.1, 0.15) is 39.5 Å². The van der Waals surface area contributed by atoms with Crippen LogP contribution in [0.15, 0.2) is 0 Å². The highest BCUT2D eigenvalue weighted by Gasteiger charge is 2.06. The summed E-state index contributed by atoms with van der Waals surface area (Å²) in [5, 5.41) is 18.8. The first kappa shape index (κ1) is 13.3. The Morgan fingerprint density at radius 1 is 0.923 bits per heavy atom. The number of aliphatic hydroxyl groups excluding tert-OH is 2. The van der Waals surface area contributed by atoms with Crippen molar-refractivity contribution < 1.29 is 10.2 Å². The third kappa shape index (κ3) is 8.60. The summed E-state index contributed by atoms with van der Waals surface area (Å²) in [5.41, 5.74) is 0. The zero-order valence-corrected chi connectivity index (χ0v) is 9.52. The van der Waals surface area contributed by atoms with Gasteiger partial charge < -0.3 is 10.2 Å². The quantitative estimate of drug-likeness (QED) is 0.638. The lowest BCUT2D eigenvalue weighted by Crippen LogP contribution is -2.14. The third-order valence-electron chi connectivity index (χ3n) is 1.86. The topological polar surface area (TPSA) is 40.5 Å². The van der Waals surface area contributed by atoms with Gasteiger partial charge in [-0.25, -0.2) is 0 Å². The van der Waals surface area contributed by atoms with Crippen molar-refractivity contribution >= 4 is 11.8 Å². The Kier molecular flexibility index (Phi) is 9.03. The molecule has 0 aromatic carbocycles. The summed E-state index contributed by atoms with van der Waals surface area (Å²) in [7, 11) is 0. The van der Waals surface area contributed by atoms with Gasteiger partial charge >= 0.3 is 0 Å². The van der Waals surface area contributed by atoms with Crippen molar-refractivity contribution in [3.63, 3.8) is 0 Å². The summed E-state index contributed by atoms with van der Waals surface area (Å²) in [6.07, 6.45) is 3.42. The van der Waals surface area contributed by atoms with E-state index >= 15 is 0 Å². The molecule has 2 N–H and O–H groups in total. The SMILES string of the molecule is CCCC(O)CSCC(O)CCC. The van der Waals surface area contributed by atoms with Crippen LogP contribution in [0, 0.1) is 0 Å². The summed E-state index contributed by atoms with van der Waals surface area (Å²) in [6.45, 7) is 4.14. The van der Waals surface area contributed by atoms with E-state index in [2.05, 4.69) is 13.8 Å². The van der Waals surface area contributed by atoms with Crippen LogP contribution in [0.4, 0.5) is 0 Å². The smallest absolute Gasteiger partial charge is 0.0630 e. The molecule has 0 aromatic heterocycles. The highest BCUT2D eigenvalue weighted by atomic mass is 32.2. The Bertz CT molecular complexity index is 97.1. The van der Waals surface area contributed by atoms with Gasteiger partial charge in [-0.3, -0.25) is 0 Å². The molecule has 2 unspecified atom stereocenters. The lowest BCUT2D eigenvalue weighted by molar-refractivity contribution is 0.183. The van der Waals surface area contributed by atoms with Gasteiger partial charge in [0, 0.05) is 11.5 Å². The fourth-order valence-electron chi connectivity index (χ4n) is 1.17. The van der Waals surface area contributed by atoms with E-state index in [4.69, 9.17) is 0 Å².